The molecule has 1 rings (SSSR count). The van der Waals surface area contributed by atoms with Crippen LogP contribution in [0.15, 0.2) is 12.1 Å². The molecule has 1 aromatic heterocycles. The second-order valence-electron chi connectivity index (χ2n) is 5.58. The summed E-state index contributed by atoms with van der Waals surface area (Å²) in [6, 6.07) is 3.81. The Balaban J connectivity index is 2.91. The Labute approximate surface area is 114 Å². The largest absolute Gasteiger partial charge is 0.393 e. The highest BCUT2D eigenvalue weighted by molar-refractivity contribution is 7.16. The molecule has 98 valence electrons. The smallest absolute Gasteiger partial charge is 0.174 e. The molecule has 1 aromatic rings. The van der Waals surface area contributed by atoms with Crippen LogP contribution >= 0.6 is 22.9 Å². The van der Waals surface area contributed by atoms with Crippen molar-refractivity contribution in [1.29, 1.82) is 0 Å². The van der Waals surface area contributed by atoms with Gasteiger partial charge in [0.25, 0.3) is 0 Å². The Kier molecular flexibility index (Phi) is 4.83. The van der Waals surface area contributed by atoms with Gasteiger partial charge in [-0.1, -0.05) is 32.4 Å². The molecule has 0 aromatic carbocycles. The summed E-state index contributed by atoms with van der Waals surface area (Å²) in [6.07, 6.45) is 0.499. The summed E-state index contributed by atoms with van der Waals surface area (Å²) in [5.74, 6) is -1.11. The lowest BCUT2D eigenvalue weighted by Gasteiger charge is -2.41. The van der Waals surface area contributed by atoms with Crippen molar-refractivity contribution in [2.45, 2.75) is 46.1 Å². The number of aliphatic hydroxyl groups is 1. The van der Waals surface area contributed by atoms with Crippen molar-refractivity contribution in [3.8, 4) is 0 Å². The zero-order chi connectivity index (χ0) is 13.3. The summed E-state index contributed by atoms with van der Waals surface area (Å²) in [7, 11) is -1.31. The molecule has 17 heavy (non-hydrogen) atoms. The standard InChI is InChI=1S/C12H21ClO2SSi/c1-11(2,3)12(14,15-17(4)5)8-9-6-7-10(13)16-9/h6-7,14,17H,8H2,1-5H3. The van der Waals surface area contributed by atoms with Crippen LogP contribution in [0.4, 0.5) is 0 Å². The Bertz CT molecular complexity index is 373. The van der Waals surface area contributed by atoms with E-state index in [-0.39, 0.29) is 5.41 Å². The van der Waals surface area contributed by atoms with Crippen molar-refractivity contribution in [2.24, 2.45) is 5.41 Å². The number of rotatable bonds is 4. The normalized spacial score (nSPS) is 16.2. The number of hydrogen-bond acceptors (Lipinski definition) is 3. The SMILES string of the molecule is C[SiH](C)OC(O)(Cc1ccc(Cl)s1)C(C)(C)C. The van der Waals surface area contributed by atoms with Crippen molar-refractivity contribution in [2.75, 3.05) is 0 Å². The minimum atomic E-state index is -1.31. The minimum Gasteiger partial charge on any atom is -0.393 e. The molecular weight excluding hydrogens is 272 g/mol. The molecule has 0 fully saturated rings. The number of halogens is 1. The Morgan fingerprint density at radius 1 is 1.35 bits per heavy atom. The van der Waals surface area contributed by atoms with Crippen LogP contribution in [-0.2, 0) is 10.8 Å². The highest BCUT2D eigenvalue weighted by Gasteiger charge is 2.42. The first-order valence-corrected chi connectivity index (χ1v) is 9.76. The summed E-state index contributed by atoms with van der Waals surface area (Å²) in [5.41, 5.74) is -0.319. The van der Waals surface area contributed by atoms with Gasteiger partial charge in [-0.05, 0) is 25.2 Å². The van der Waals surface area contributed by atoms with E-state index in [1.165, 1.54) is 11.3 Å². The zero-order valence-electron chi connectivity index (χ0n) is 11.1. The summed E-state index contributed by atoms with van der Waals surface area (Å²) >= 11 is 7.41. The zero-order valence-corrected chi connectivity index (χ0v) is 13.8. The summed E-state index contributed by atoms with van der Waals surface area (Å²) < 4.78 is 6.62. The predicted molar refractivity (Wildman–Crippen MR) is 77.4 cm³/mol. The van der Waals surface area contributed by atoms with E-state index in [0.29, 0.717) is 6.42 Å². The molecule has 0 amide bonds. The van der Waals surface area contributed by atoms with Gasteiger partial charge in [-0.2, -0.15) is 0 Å². The summed E-state index contributed by atoms with van der Waals surface area (Å²) in [6.45, 7) is 10.1. The molecule has 1 heterocycles. The van der Waals surface area contributed by atoms with E-state index in [4.69, 9.17) is 16.0 Å². The molecule has 1 unspecified atom stereocenters. The van der Waals surface area contributed by atoms with E-state index in [2.05, 4.69) is 13.1 Å². The summed E-state index contributed by atoms with van der Waals surface area (Å²) in [4.78, 5) is 1.06. The molecule has 0 aliphatic heterocycles. The Morgan fingerprint density at radius 3 is 2.29 bits per heavy atom. The molecule has 0 spiro atoms. The molecule has 5 heteroatoms. The topological polar surface area (TPSA) is 29.5 Å². The predicted octanol–water partition coefficient (Wildman–Crippen LogP) is 3.68. The van der Waals surface area contributed by atoms with Crippen molar-refractivity contribution in [3.05, 3.63) is 21.3 Å². The summed E-state index contributed by atoms with van der Waals surface area (Å²) in [5, 5.41) is 10.8. The first-order valence-electron chi connectivity index (χ1n) is 5.78. The molecule has 0 bridgehead atoms. The third-order valence-electron chi connectivity index (χ3n) is 2.65. The lowest BCUT2D eigenvalue weighted by molar-refractivity contribution is -0.208. The number of hydrogen-bond donors (Lipinski definition) is 1. The molecular formula is C12H21ClO2SSi. The highest BCUT2D eigenvalue weighted by atomic mass is 35.5. The van der Waals surface area contributed by atoms with E-state index >= 15 is 0 Å². The molecule has 0 radical (unpaired) electrons. The van der Waals surface area contributed by atoms with Gasteiger partial charge in [0.05, 0.1) is 4.34 Å². The van der Waals surface area contributed by atoms with Crippen LogP contribution in [0, 0.1) is 5.41 Å². The first-order chi connectivity index (χ1) is 7.64. The molecule has 0 aliphatic rings. The van der Waals surface area contributed by atoms with Crippen LogP contribution in [0.3, 0.4) is 0 Å². The van der Waals surface area contributed by atoms with Crippen LogP contribution in [-0.4, -0.2) is 19.9 Å². The highest BCUT2D eigenvalue weighted by Crippen LogP contribution is 2.37. The minimum absolute atomic E-state index is 0.319. The van der Waals surface area contributed by atoms with Gasteiger partial charge in [0.2, 0.25) is 0 Å². The van der Waals surface area contributed by atoms with Crippen LogP contribution in [0.5, 0.6) is 0 Å². The van der Waals surface area contributed by atoms with E-state index < -0.39 is 14.8 Å². The van der Waals surface area contributed by atoms with Crippen molar-refractivity contribution >= 4 is 32.0 Å². The van der Waals surface area contributed by atoms with E-state index in [9.17, 15) is 5.11 Å². The van der Waals surface area contributed by atoms with Crippen LogP contribution in [0.1, 0.15) is 25.6 Å². The average Bonchev–Trinajstić information content (AvgIpc) is 2.47. The van der Waals surface area contributed by atoms with Crippen molar-refractivity contribution in [1.82, 2.24) is 0 Å². The van der Waals surface area contributed by atoms with Crippen molar-refractivity contribution in [3.63, 3.8) is 0 Å². The maximum absolute atomic E-state index is 10.8. The van der Waals surface area contributed by atoms with E-state index in [1.54, 1.807) is 0 Å². The monoisotopic (exact) mass is 292 g/mol. The van der Waals surface area contributed by atoms with Gasteiger partial charge in [-0.25, -0.2) is 0 Å². The lowest BCUT2D eigenvalue weighted by atomic mass is 9.83. The fraction of sp³-hybridized carbons (Fsp3) is 0.667. The molecule has 0 saturated carbocycles. The van der Waals surface area contributed by atoms with Gasteiger partial charge in [0.15, 0.2) is 14.8 Å². The third-order valence-corrected chi connectivity index (χ3v) is 4.74. The van der Waals surface area contributed by atoms with E-state index in [0.717, 1.165) is 9.21 Å². The van der Waals surface area contributed by atoms with Crippen LogP contribution < -0.4 is 0 Å². The molecule has 1 atom stereocenters. The van der Waals surface area contributed by atoms with Gasteiger partial charge in [0, 0.05) is 16.7 Å². The van der Waals surface area contributed by atoms with E-state index in [1.807, 2.05) is 32.9 Å². The van der Waals surface area contributed by atoms with Crippen molar-refractivity contribution < 1.29 is 9.53 Å². The molecule has 0 aliphatic carbocycles. The fourth-order valence-electron chi connectivity index (χ4n) is 1.56. The Morgan fingerprint density at radius 2 is 1.94 bits per heavy atom. The molecule has 1 N–H and O–H groups in total. The fourth-order valence-corrected chi connectivity index (χ4v) is 3.92. The van der Waals surface area contributed by atoms with Gasteiger partial charge < -0.3 is 9.53 Å². The second-order valence-corrected chi connectivity index (χ2v) is 9.72. The average molecular weight is 293 g/mol. The van der Waals surface area contributed by atoms with Gasteiger partial charge in [-0.15, -0.1) is 11.3 Å². The first kappa shape index (κ1) is 15.2. The quantitative estimate of drug-likeness (QED) is 0.678. The van der Waals surface area contributed by atoms with Crippen LogP contribution in [0.25, 0.3) is 0 Å². The number of thiophene rings is 1. The van der Waals surface area contributed by atoms with Gasteiger partial charge in [0.1, 0.15) is 0 Å². The lowest BCUT2D eigenvalue weighted by Crippen LogP contribution is -2.49. The molecule has 0 saturated heterocycles. The van der Waals surface area contributed by atoms with Gasteiger partial charge >= 0.3 is 0 Å². The van der Waals surface area contributed by atoms with Gasteiger partial charge in [-0.3, -0.25) is 0 Å². The maximum Gasteiger partial charge on any atom is 0.174 e. The molecule has 2 nitrogen and oxygen atoms in total. The second kappa shape index (κ2) is 5.41. The maximum atomic E-state index is 10.8. The third kappa shape index (κ3) is 4.07. The Hall–Kier alpha value is 0.127. The van der Waals surface area contributed by atoms with Crippen LogP contribution in [0.2, 0.25) is 17.4 Å².